The summed E-state index contributed by atoms with van der Waals surface area (Å²) in [5.41, 5.74) is 1.75. The fourth-order valence-electron chi connectivity index (χ4n) is 2.70. The van der Waals surface area contributed by atoms with Gasteiger partial charge in [0, 0.05) is 13.3 Å². The SMILES string of the molecule is COCC(F)(F)c1nnc2ccc(-c3ccc(OC(F)(F)F)cc3C)cn12. The predicted octanol–water partition coefficient (Wildman–Crippen LogP) is 4.34. The van der Waals surface area contributed by atoms with Crippen LogP contribution in [0.15, 0.2) is 36.5 Å². The highest BCUT2D eigenvalue weighted by Crippen LogP contribution is 2.32. The highest BCUT2D eigenvalue weighted by atomic mass is 19.4. The molecule has 0 amide bonds. The van der Waals surface area contributed by atoms with Crippen LogP contribution in [0, 0.1) is 6.92 Å². The van der Waals surface area contributed by atoms with Gasteiger partial charge in [-0.15, -0.1) is 23.4 Å². The zero-order valence-electron chi connectivity index (χ0n) is 14.2. The molecule has 0 saturated carbocycles. The van der Waals surface area contributed by atoms with Crippen molar-refractivity contribution in [2.24, 2.45) is 0 Å². The summed E-state index contributed by atoms with van der Waals surface area (Å²) < 4.78 is 74.9. The number of aromatic nitrogens is 3. The lowest BCUT2D eigenvalue weighted by Crippen LogP contribution is -2.23. The number of hydrogen-bond donors (Lipinski definition) is 0. The lowest BCUT2D eigenvalue weighted by atomic mass is 10.0. The summed E-state index contributed by atoms with van der Waals surface area (Å²) in [4.78, 5) is 0. The van der Waals surface area contributed by atoms with Crippen LogP contribution in [0.1, 0.15) is 11.4 Å². The first-order valence-electron chi connectivity index (χ1n) is 7.69. The average Bonchev–Trinajstić information content (AvgIpc) is 2.97. The molecule has 0 spiro atoms. The molecule has 10 heteroatoms. The van der Waals surface area contributed by atoms with Gasteiger partial charge in [0.25, 0.3) is 0 Å². The number of nitrogens with zero attached hydrogens (tertiary/aromatic N) is 3. The number of benzene rings is 1. The molecule has 0 aliphatic rings. The zero-order chi connectivity index (χ0) is 19.8. The third-order valence-electron chi connectivity index (χ3n) is 3.80. The van der Waals surface area contributed by atoms with Crippen LogP contribution >= 0.6 is 0 Å². The Morgan fingerprint density at radius 3 is 2.41 bits per heavy atom. The Morgan fingerprint density at radius 1 is 1.04 bits per heavy atom. The van der Waals surface area contributed by atoms with Gasteiger partial charge in [-0.2, -0.15) is 8.78 Å². The van der Waals surface area contributed by atoms with Crippen LogP contribution < -0.4 is 4.74 Å². The normalized spacial score (nSPS) is 12.6. The van der Waals surface area contributed by atoms with Crippen molar-refractivity contribution in [2.45, 2.75) is 19.2 Å². The minimum absolute atomic E-state index is 0.208. The van der Waals surface area contributed by atoms with E-state index in [1.807, 2.05) is 0 Å². The molecule has 0 fully saturated rings. The van der Waals surface area contributed by atoms with Gasteiger partial charge in [-0.3, -0.25) is 4.40 Å². The van der Waals surface area contributed by atoms with Gasteiger partial charge >= 0.3 is 12.3 Å². The number of ether oxygens (including phenoxy) is 2. The maximum Gasteiger partial charge on any atom is 0.573 e. The Hall–Kier alpha value is -2.75. The molecule has 27 heavy (non-hydrogen) atoms. The summed E-state index contributed by atoms with van der Waals surface area (Å²) in [6.07, 6.45) is -3.39. The van der Waals surface area contributed by atoms with Crippen LogP contribution in [0.25, 0.3) is 16.8 Å². The quantitative estimate of drug-likeness (QED) is 0.611. The summed E-state index contributed by atoms with van der Waals surface area (Å²) in [7, 11) is 1.15. The second kappa shape index (κ2) is 6.76. The van der Waals surface area contributed by atoms with Crippen LogP contribution in [0.4, 0.5) is 22.0 Å². The second-order valence-corrected chi connectivity index (χ2v) is 5.83. The molecule has 5 nitrogen and oxygen atoms in total. The molecule has 0 N–H and O–H groups in total. The lowest BCUT2D eigenvalue weighted by molar-refractivity contribution is -0.274. The van der Waals surface area contributed by atoms with Crippen LogP contribution in [0.3, 0.4) is 0 Å². The topological polar surface area (TPSA) is 48.7 Å². The maximum atomic E-state index is 14.2. The van der Waals surface area contributed by atoms with Gasteiger partial charge in [0.05, 0.1) is 0 Å². The number of rotatable bonds is 5. The molecule has 0 atom stereocenters. The van der Waals surface area contributed by atoms with Gasteiger partial charge in [0.1, 0.15) is 12.4 Å². The minimum atomic E-state index is -4.79. The Bertz CT molecular complexity index is 969. The van der Waals surface area contributed by atoms with Crippen LogP contribution in [-0.4, -0.2) is 34.7 Å². The van der Waals surface area contributed by atoms with Crippen LogP contribution in [0.5, 0.6) is 5.75 Å². The second-order valence-electron chi connectivity index (χ2n) is 5.83. The van der Waals surface area contributed by atoms with Crippen LogP contribution in [0.2, 0.25) is 0 Å². The predicted molar refractivity (Wildman–Crippen MR) is 85.6 cm³/mol. The molecule has 0 unspecified atom stereocenters. The van der Waals surface area contributed by atoms with Gasteiger partial charge in [-0.05, 0) is 47.9 Å². The summed E-state index contributed by atoms with van der Waals surface area (Å²) >= 11 is 0. The van der Waals surface area contributed by atoms with Crippen molar-refractivity contribution in [3.63, 3.8) is 0 Å². The molecule has 0 radical (unpaired) electrons. The summed E-state index contributed by atoms with van der Waals surface area (Å²) in [6.45, 7) is 0.732. The first-order chi connectivity index (χ1) is 12.6. The van der Waals surface area contributed by atoms with Gasteiger partial charge in [0.2, 0.25) is 5.82 Å². The molecule has 0 aliphatic heterocycles. The summed E-state index contributed by atoms with van der Waals surface area (Å²) in [6, 6.07) is 6.92. The molecule has 3 aromatic rings. The van der Waals surface area contributed by atoms with Crippen molar-refractivity contribution in [1.29, 1.82) is 0 Å². The number of halogens is 5. The smallest absolute Gasteiger partial charge is 0.406 e. The van der Waals surface area contributed by atoms with E-state index >= 15 is 0 Å². The Morgan fingerprint density at radius 2 is 1.78 bits per heavy atom. The molecular weight excluding hydrogens is 373 g/mol. The van der Waals surface area contributed by atoms with Crippen molar-refractivity contribution in [1.82, 2.24) is 14.6 Å². The van der Waals surface area contributed by atoms with Gasteiger partial charge < -0.3 is 9.47 Å². The average molecular weight is 387 g/mol. The van der Waals surface area contributed by atoms with Gasteiger partial charge in [0.15, 0.2) is 5.65 Å². The first kappa shape index (κ1) is 19.0. The molecule has 0 aliphatic carbocycles. The van der Waals surface area contributed by atoms with Crippen molar-refractivity contribution in [2.75, 3.05) is 13.7 Å². The molecule has 0 bridgehead atoms. The largest absolute Gasteiger partial charge is 0.573 e. The molecule has 0 saturated heterocycles. The maximum absolute atomic E-state index is 14.2. The Balaban J connectivity index is 2.03. The number of hydrogen-bond acceptors (Lipinski definition) is 4. The fraction of sp³-hybridized carbons (Fsp3) is 0.294. The highest BCUT2D eigenvalue weighted by molar-refractivity contribution is 5.69. The first-order valence-corrected chi connectivity index (χ1v) is 7.69. The van der Waals surface area contributed by atoms with Crippen molar-refractivity contribution in [3.05, 3.63) is 47.9 Å². The van der Waals surface area contributed by atoms with E-state index in [1.54, 1.807) is 13.0 Å². The van der Waals surface area contributed by atoms with E-state index in [9.17, 15) is 22.0 Å². The number of methoxy groups -OCH3 is 1. The third kappa shape index (κ3) is 4.00. The standard InChI is InChI=1S/C17H14F5N3O2/c1-10-7-12(27-17(20,21)22)4-5-13(10)11-3-6-14-23-24-15(25(14)8-11)16(18,19)9-26-2/h3-8H,9H2,1-2H3. The van der Waals surface area contributed by atoms with Gasteiger partial charge in [-0.25, -0.2) is 0 Å². The van der Waals surface area contributed by atoms with E-state index in [0.717, 1.165) is 17.6 Å². The number of pyridine rings is 1. The van der Waals surface area contributed by atoms with E-state index < -0.39 is 24.7 Å². The lowest BCUT2D eigenvalue weighted by Gasteiger charge is -2.14. The van der Waals surface area contributed by atoms with E-state index in [4.69, 9.17) is 0 Å². The van der Waals surface area contributed by atoms with Crippen LogP contribution in [-0.2, 0) is 10.7 Å². The van der Waals surface area contributed by atoms with Gasteiger partial charge in [-0.1, -0.05) is 6.07 Å². The van der Waals surface area contributed by atoms with E-state index in [1.165, 1.54) is 24.4 Å². The Labute approximate surface area is 150 Å². The molecule has 144 valence electrons. The Kier molecular flexibility index (Phi) is 4.77. The zero-order valence-corrected chi connectivity index (χ0v) is 14.2. The third-order valence-corrected chi connectivity index (χ3v) is 3.80. The highest BCUT2D eigenvalue weighted by Gasteiger charge is 2.37. The van der Waals surface area contributed by atoms with E-state index in [0.29, 0.717) is 16.7 Å². The molecule has 2 heterocycles. The molecular formula is C17H14F5N3O2. The number of alkyl halides is 5. The van der Waals surface area contributed by atoms with Crippen molar-refractivity contribution in [3.8, 4) is 16.9 Å². The summed E-state index contributed by atoms with van der Waals surface area (Å²) in [5, 5.41) is 7.25. The van der Waals surface area contributed by atoms with Crippen molar-refractivity contribution < 1.29 is 31.4 Å². The monoisotopic (exact) mass is 387 g/mol. The summed E-state index contributed by atoms with van der Waals surface area (Å²) in [5.74, 6) is -4.30. The van der Waals surface area contributed by atoms with E-state index in [-0.39, 0.29) is 11.4 Å². The number of aryl methyl sites for hydroxylation is 1. The molecule has 1 aromatic carbocycles. The molecule has 2 aromatic heterocycles. The molecule has 3 rings (SSSR count). The van der Waals surface area contributed by atoms with Crippen molar-refractivity contribution >= 4 is 5.65 Å². The number of fused-ring (bicyclic) bond motifs is 1. The minimum Gasteiger partial charge on any atom is -0.406 e. The fourth-order valence-corrected chi connectivity index (χ4v) is 2.70. The van der Waals surface area contributed by atoms with E-state index in [2.05, 4.69) is 19.7 Å².